The van der Waals surface area contributed by atoms with Crippen LogP contribution in [0.3, 0.4) is 0 Å². The van der Waals surface area contributed by atoms with Crippen LogP contribution in [0.5, 0.6) is 0 Å². The minimum Gasteiger partial charge on any atom is -0.269 e. The van der Waals surface area contributed by atoms with Crippen LogP contribution in [0, 0.1) is 0 Å². The van der Waals surface area contributed by atoms with E-state index in [4.69, 9.17) is 11.6 Å². The Morgan fingerprint density at radius 2 is 1.90 bits per heavy atom. The van der Waals surface area contributed by atoms with Crippen molar-refractivity contribution in [3.63, 3.8) is 0 Å². The van der Waals surface area contributed by atoms with Crippen LogP contribution in [-0.4, -0.2) is 9.38 Å². The maximum atomic E-state index is 12.0. The molecule has 0 fully saturated rings. The molecular formula is C16H13ClN2OS. The fraction of sp³-hybridized carbons (Fsp3) is 0.125. The monoisotopic (exact) mass is 316 g/mol. The third-order valence-electron chi connectivity index (χ3n) is 3.04. The van der Waals surface area contributed by atoms with Crippen molar-refractivity contribution in [2.24, 2.45) is 0 Å². The molecule has 0 aliphatic carbocycles. The van der Waals surface area contributed by atoms with E-state index in [0.717, 1.165) is 11.4 Å². The highest BCUT2D eigenvalue weighted by atomic mass is 35.5. The number of halogens is 1. The molecule has 0 aliphatic heterocycles. The standard InChI is InChI=1S/C16H13ClN2OS/c17-13-6-7-15-18-14(8-16(20)19(15)9-13)11-21-10-12-4-2-1-3-5-12/h1-9H,10-11H2. The number of thioether (sulfide) groups is 1. The molecule has 106 valence electrons. The Kier molecular flexibility index (Phi) is 4.27. The highest BCUT2D eigenvalue weighted by Crippen LogP contribution is 2.16. The van der Waals surface area contributed by atoms with Crippen molar-refractivity contribution in [1.82, 2.24) is 9.38 Å². The summed E-state index contributed by atoms with van der Waals surface area (Å²) in [4.78, 5) is 16.5. The average Bonchev–Trinajstić information content (AvgIpc) is 2.49. The summed E-state index contributed by atoms with van der Waals surface area (Å²) < 4.78 is 1.47. The number of benzene rings is 1. The second-order valence-electron chi connectivity index (χ2n) is 4.64. The number of hydrogen-bond acceptors (Lipinski definition) is 3. The number of aromatic nitrogens is 2. The van der Waals surface area contributed by atoms with E-state index >= 15 is 0 Å². The number of nitrogens with zero attached hydrogens (tertiary/aromatic N) is 2. The summed E-state index contributed by atoms with van der Waals surface area (Å²) in [6, 6.07) is 15.3. The van der Waals surface area contributed by atoms with Gasteiger partial charge in [0.2, 0.25) is 0 Å². The van der Waals surface area contributed by atoms with Gasteiger partial charge < -0.3 is 0 Å². The normalized spacial score (nSPS) is 10.9. The van der Waals surface area contributed by atoms with Gasteiger partial charge in [-0.25, -0.2) is 4.98 Å². The first-order valence-corrected chi connectivity index (χ1v) is 8.05. The Bertz CT molecular complexity index is 817. The van der Waals surface area contributed by atoms with Gasteiger partial charge >= 0.3 is 0 Å². The Balaban J connectivity index is 1.76. The Morgan fingerprint density at radius 1 is 1.10 bits per heavy atom. The molecule has 3 rings (SSSR count). The molecule has 0 amide bonds. The summed E-state index contributed by atoms with van der Waals surface area (Å²) in [5.74, 6) is 1.62. The first kappa shape index (κ1) is 14.2. The van der Waals surface area contributed by atoms with E-state index in [1.807, 2.05) is 18.2 Å². The fourth-order valence-electron chi connectivity index (χ4n) is 2.05. The molecule has 2 aromatic heterocycles. The summed E-state index contributed by atoms with van der Waals surface area (Å²) in [7, 11) is 0. The molecule has 0 atom stereocenters. The van der Waals surface area contributed by atoms with Crippen molar-refractivity contribution in [3.05, 3.63) is 81.4 Å². The lowest BCUT2D eigenvalue weighted by atomic mass is 10.2. The summed E-state index contributed by atoms with van der Waals surface area (Å²) in [5, 5.41) is 0.526. The zero-order valence-electron chi connectivity index (χ0n) is 11.2. The van der Waals surface area contributed by atoms with Gasteiger partial charge in [0.05, 0.1) is 10.7 Å². The second-order valence-corrected chi connectivity index (χ2v) is 6.06. The highest BCUT2D eigenvalue weighted by molar-refractivity contribution is 7.97. The molecule has 21 heavy (non-hydrogen) atoms. The van der Waals surface area contributed by atoms with E-state index in [0.29, 0.717) is 16.4 Å². The maximum absolute atomic E-state index is 12.0. The third kappa shape index (κ3) is 3.46. The van der Waals surface area contributed by atoms with E-state index in [-0.39, 0.29) is 5.56 Å². The Morgan fingerprint density at radius 3 is 2.71 bits per heavy atom. The van der Waals surface area contributed by atoms with Gasteiger partial charge in [0.1, 0.15) is 5.65 Å². The van der Waals surface area contributed by atoms with Crippen LogP contribution in [0.1, 0.15) is 11.3 Å². The van der Waals surface area contributed by atoms with E-state index in [1.165, 1.54) is 9.96 Å². The number of rotatable bonds is 4. The molecule has 0 N–H and O–H groups in total. The van der Waals surface area contributed by atoms with Gasteiger partial charge in [0, 0.05) is 23.8 Å². The molecule has 3 nitrogen and oxygen atoms in total. The second kappa shape index (κ2) is 6.33. The van der Waals surface area contributed by atoms with Gasteiger partial charge in [-0.05, 0) is 17.7 Å². The van der Waals surface area contributed by atoms with E-state index < -0.39 is 0 Å². The third-order valence-corrected chi connectivity index (χ3v) is 4.30. The molecule has 5 heteroatoms. The molecule has 0 saturated heterocycles. The average molecular weight is 317 g/mol. The van der Waals surface area contributed by atoms with Crippen molar-refractivity contribution in [2.45, 2.75) is 11.5 Å². The Labute approximate surface area is 131 Å². The predicted molar refractivity (Wildman–Crippen MR) is 87.9 cm³/mol. The zero-order valence-corrected chi connectivity index (χ0v) is 12.8. The summed E-state index contributed by atoms with van der Waals surface area (Å²) >= 11 is 7.63. The fourth-order valence-corrected chi connectivity index (χ4v) is 3.10. The van der Waals surface area contributed by atoms with Gasteiger partial charge in [-0.2, -0.15) is 11.8 Å². The molecule has 2 heterocycles. The minimum atomic E-state index is -0.0992. The van der Waals surface area contributed by atoms with Crippen molar-refractivity contribution in [2.75, 3.05) is 0 Å². The van der Waals surface area contributed by atoms with Gasteiger partial charge in [0.15, 0.2) is 0 Å². The lowest BCUT2D eigenvalue weighted by Crippen LogP contribution is -2.15. The lowest BCUT2D eigenvalue weighted by molar-refractivity contribution is 1.01. The smallest absolute Gasteiger partial charge is 0.258 e. The molecule has 0 aliphatic rings. The maximum Gasteiger partial charge on any atom is 0.258 e. The van der Waals surface area contributed by atoms with E-state index in [2.05, 4.69) is 17.1 Å². The number of pyridine rings is 1. The number of hydrogen-bond donors (Lipinski definition) is 0. The van der Waals surface area contributed by atoms with E-state index in [9.17, 15) is 4.79 Å². The Hall–Kier alpha value is -1.78. The van der Waals surface area contributed by atoms with Crippen LogP contribution in [0.15, 0.2) is 59.5 Å². The predicted octanol–water partition coefficient (Wildman–Crippen LogP) is 3.78. The van der Waals surface area contributed by atoms with Crippen molar-refractivity contribution in [3.8, 4) is 0 Å². The molecule has 0 saturated carbocycles. The van der Waals surface area contributed by atoms with Crippen LogP contribution in [0.2, 0.25) is 5.02 Å². The molecule has 0 radical (unpaired) electrons. The largest absolute Gasteiger partial charge is 0.269 e. The molecular weight excluding hydrogens is 304 g/mol. The molecule has 1 aromatic carbocycles. The van der Waals surface area contributed by atoms with Gasteiger partial charge in [-0.15, -0.1) is 0 Å². The zero-order chi connectivity index (χ0) is 14.7. The van der Waals surface area contributed by atoms with Crippen LogP contribution < -0.4 is 5.56 Å². The van der Waals surface area contributed by atoms with Gasteiger partial charge in [0.25, 0.3) is 5.56 Å². The van der Waals surface area contributed by atoms with Gasteiger partial charge in [-0.3, -0.25) is 9.20 Å². The summed E-state index contributed by atoms with van der Waals surface area (Å²) in [6.45, 7) is 0. The summed E-state index contributed by atoms with van der Waals surface area (Å²) in [6.07, 6.45) is 1.59. The van der Waals surface area contributed by atoms with Crippen LogP contribution in [0.25, 0.3) is 5.65 Å². The molecule has 0 spiro atoms. The molecule has 3 aromatic rings. The summed E-state index contributed by atoms with van der Waals surface area (Å²) in [5.41, 5.74) is 2.59. The first-order valence-electron chi connectivity index (χ1n) is 6.52. The lowest BCUT2D eigenvalue weighted by Gasteiger charge is -2.05. The van der Waals surface area contributed by atoms with Crippen molar-refractivity contribution in [1.29, 1.82) is 0 Å². The van der Waals surface area contributed by atoms with E-state index in [1.54, 1.807) is 36.2 Å². The minimum absolute atomic E-state index is 0.0992. The van der Waals surface area contributed by atoms with Crippen molar-refractivity contribution < 1.29 is 0 Å². The topological polar surface area (TPSA) is 34.4 Å². The quantitative estimate of drug-likeness (QED) is 0.734. The molecule has 0 unspecified atom stereocenters. The highest BCUT2D eigenvalue weighted by Gasteiger charge is 2.03. The first-order chi connectivity index (χ1) is 10.2. The molecule has 0 bridgehead atoms. The SMILES string of the molecule is O=c1cc(CSCc2ccccc2)nc2ccc(Cl)cn12. The number of fused-ring (bicyclic) bond motifs is 1. The van der Waals surface area contributed by atoms with Crippen LogP contribution in [0.4, 0.5) is 0 Å². The van der Waals surface area contributed by atoms with Crippen LogP contribution >= 0.6 is 23.4 Å². The van der Waals surface area contributed by atoms with Gasteiger partial charge in [-0.1, -0.05) is 41.9 Å². The van der Waals surface area contributed by atoms with Crippen LogP contribution in [-0.2, 0) is 11.5 Å². The van der Waals surface area contributed by atoms with Crippen molar-refractivity contribution >= 4 is 29.0 Å².